The summed E-state index contributed by atoms with van der Waals surface area (Å²) in [6.07, 6.45) is 1.66. The highest BCUT2D eigenvalue weighted by Gasteiger charge is 2.10. The van der Waals surface area contributed by atoms with Crippen molar-refractivity contribution in [3.8, 4) is 10.6 Å². The zero-order valence-electron chi connectivity index (χ0n) is 11.1. The minimum absolute atomic E-state index is 0.0102. The topological polar surface area (TPSA) is 60.2 Å². The molecule has 0 unspecified atom stereocenters. The molecule has 0 aliphatic heterocycles. The van der Waals surface area contributed by atoms with Gasteiger partial charge in [-0.2, -0.15) is 0 Å². The molecule has 0 fully saturated rings. The number of aromatic nitrogens is 3. The van der Waals surface area contributed by atoms with Crippen molar-refractivity contribution in [2.45, 2.75) is 6.73 Å². The molecule has 0 aliphatic carbocycles. The van der Waals surface area contributed by atoms with E-state index in [2.05, 4.69) is 9.97 Å². The Morgan fingerprint density at radius 2 is 2.10 bits per heavy atom. The standard InChI is InChI=1S/C14H13N3O2S2/c18-6-7-19-9-17-8-15-11-12(17)16-13(21-14(11)20)10-4-2-1-3-5-10/h1-5,8,18H,6-7,9H2. The summed E-state index contributed by atoms with van der Waals surface area (Å²) >= 11 is 6.86. The molecule has 0 amide bonds. The van der Waals surface area contributed by atoms with Crippen LogP contribution in [0.25, 0.3) is 21.7 Å². The van der Waals surface area contributed by atoms with E-state index in [1.165, 1.54) is 11.3 Å². The summed E-state index contributed by atoms with van der Waals surface area (Å²) in [6.45, 7) is 0.562. The molecule has 21 heavy (non-hydrogen) atoms. The summed E-state index contributed by atoms with van der Waals surface area (Å²) in [5.41, 5.74) is 2.44. The van der Waals surface area contributed by atoms with Gasteiger partial charge in [0, 0.05) is 5.56 Å². The molecule has 0 spiro atoms. The number of nitrogens with zero attached hydrogens (tertiary/aromatic N) is 3. The number of fused-ring (bicyclic) bond motifs is 1. The lowest BCUT2D eigenvalue weighted by atomic mass is 10.2. The van der Waals surface area contributed by atoms with Crippen molar-refractivity contribution >= 4 is 34.7 Å². The van der Waals surface area contributed by atoms with Crippen molar-refractivity contribution in [1.29, 1.82) is 0 Å². The fourth-order valence-electron chi connectivity index (χ4n) is 1.92. The average molecular weight is 319 g/mol. The molecule has 0 saturated heterocycles. The van der Waals surface area contributed by atoms with Gasteiger partial charge in [-0.05, 0) is 0 Å². The van der Waals surface area contributed by atoms with E-state index in [4.69, 9.17) is 22.1 Å². The summed E-state index contributed by atoms with van der Waals surface area (Å²) in [5, 5.41) is 9.62. The van der Waals surface area contributed by atoms with Crippen LogP contribution in [0.2, 0.25) is 0 Å². The molecule has 2 aromatic heterocycles. The van der Waals surface area contributed by atoms with Gasteiger partial charge >= 0.3 is 0 Å². The third-order valence-electron chi connectivity index (χ3n) is 2.89. The van der Waals surface area contributed by atoms with E-state index >= 15 is 0 Å². The first-order valence-electron chi connectivity index (χ1n) is 6.39. The maximum Gasteiger partial charge on any atom is 0.165 e. The molecule has 0 bridgehead atoms. The Labute approximate surface area is 130 Å². The molecule has 0 radical (unpaired) electrons. The monoisotopic (exact) mass is 319 g/mol. The Bertz CT molecular complexity index is 799. The highest BCUT2D eigenvalue weighted by molar-refractivity contribution is 7.74. The van der Waals surface area contributed by atoms with Crippen LogP contribution in [0.4, 0.5) is 0 Å². The van der Waals surface area contributed by atoms with E-state index in [0.29, 0.717) is 21.7 Å². The number of hydrogen-bond donors (Lipinski definition) is 1. The van der Waals surface area contributed by atoms with Crippen molar-refractivity contribution in [2.24, 2.45) is 0 Å². The normalized spacial score (nSPS) is 11.1. The maximum atomic E-state index is 8.76. The van der Waals surface area contributed by atoms with E-state index < -0.39 is 0 Å². The zero-order chi connectivity index (χ0) is 14.7. The number of imidazole rings is 1. The summed E-state index contributed by atoms with van der Waals surface area (Å²) in [5.74, 6) is 0. The van der Waals surface area contributed by atoms with Gasteiger partial charge < -0.3 is 9.84 Å². The van der Waals surface area contributed by atoms with Crippen LogP contribution < -0.4 is 0 Å². The number of benzene rings is 1. The maximum absolute atomic E-state index is 8.76. The van der Waals surface area contributed by atoms with Crippen LogP contribution in [0.15, 0.2) is 36.7 Å². The first-order chi connectivity index (χ1) is 10.3. The smallest absolute Gasteiger partial charge is 0.165 e. The molecule has 3 rings (SSSR count). The fraction of sp³-hybridized carbons (Fsp3) is 0.214. The van der Waals surface area contributed by atoms with Crippen LogP contribution in [0.1, 0.15) is 0 Å². The van der Waals surface area contributed by atoms with Gasteiger partial charge in [0.15, 0.2) is 5.65 Å². The van der Waals surface area contributed by atoms with E-state index in [-0.39, 0.29) is 13.2 Å². The lowest BCUT2D eigenvalue weighted by Gasteiger charge is -2.05. The van der Waals surface area contributed by atoms with Crippen LogP contribution >= 0.6 is 23.6 Å². The predicted octanol–water partition coefficient (Wildman–Crippen LogP) is 2.86. The number of aliphatic hydroxyl groups excluding tert-OH is 1. The van der Waals surface area contributed by atoms with Gasteiger partial charge in [-0.25, -0.2) is 9.97 Å². The van der Waals surface area contributed by atoms with Crippen LogP contribution in [0.5, 0.6) is 0 Å². The average Bonchev–Trinajstić information content (AvgIpc) is 2.92. The largest absolute Gasteiger partial charge is 0.394 e. The lowest BCUT2D eigenvalue weighted by molar-refractivity contribution is 0.0499. The highest BCUT2D eigenvalue weighted by atomic mass is 32.1. The Morgan fingerprint density at radius 3 is 2.86 bits per heavy atom. The Kier molecular flexibility index (Phi) is 4.35. The first kappa shape index (κ1) is 14.3. The molecule has 108 valence electrons. The molecule has 2 heterocycles. The van der Waals surface area contributed by atoms with Crippen molar-refractivity contribution in [1.82, 2.24) is 14.5 Å². The molecule has 5 nitrogen and oxygen atoms in total. The molecule has 0 aliphatic rings. The summed E-state index contributed by atoms with van der Waals surface area (Å²) in [4.78, 5) is 8.95. The quantitative estimate of drug-likeness (QED) is 0.579. The molecule has 0 saturated carbocycles. The molecule has 7 heteroatoms. The molecule has 1 N–H and O–H groups in total. The van der Waals surface area contributed by atoms with E-state index in [1.807, 2.05) is 30.3 Å². The van der Waals surface area contributed by atoms with Gasteiger partial charge in [0.25, 0.3) is 0 Å². The minimum atomic E-state index is -0.0102. The molecule has 3 aromatic rings. The first-order valence-corrected chi connectivity index (χ1v) is 7.62. The van der Waals surface area contributed by atoms with Crippen molar-refractivity contribution < 1.29 is 9.84 Å². The highest BCUT2D eigenvalue weighted by Crippen LogP contribution is 2.26. The second-order valence-corrected chi connectivity index (χ2v) is 5.99. The second-order valence-electron chi connectivity index (χ2n) is 4.32. The Morgan fingerprint density at radius 1 is 1.29 bits per heavy atom. The second kappa shape index (κ2) is 6.40. The van der Waals surface area contributed by atoms with Gasteiger partial charge in [-0.1, -0.05) is 42.5 Å². The van der Waals surface area contributed by atoms with Gasteiger partial charge in [0.2, 0.25) is 0 Å². The van der Waals surface area contributed by atoms with Crippen LogP contribution in [0, 0.1) is 3.82 Å². The fourth-order valence-corrected chi connectivity index (χ4v) is 3.10. The Balaban J connectivity index is 2.05. The number of hydrogen-bond acceptors (Lipinski definition) is 6. The zero-order valence-corrected chi connectivity index (χ0v) is 12.7. The van der Waals surface area contributed by atoms with Crippen LogP contribution in [-0.2, 0) is 11.5 Å². The van der Waals surface area contributed by atoms with Gasteiger partial charge in [-0.15, -0.1) is 11.3 Å². The molecular weight excluding hydrogens is 306 g/mol. The van der Waals surface area contributed by atoms with Crippen molar-refractivity contribution in [2.75, 3.05) is 13.2 Å². The number of aliphatic hydroxyl groups is 1. The number of rotatable bonds is 5. The van der Waals surface area contributed by atoms with E-state index in [0.717, 1.165) is 10.6 Å². The van der Waals surface area contributed by atoms with Gasteiger partial charge in [0.05, 0.1) is 19.5 Å². The third-order valence-corrected chi connectivity index (χ3v) is 4.23. The molecule has 0 atom stereocenters. The minimum Gasteiger partial charge on any atom is -0.394 e. The Hall–Kier alpha value is -1.67. The summed E-state index contributed by atoms with van der Waals surface area (Å²) in [7, 11) is 0. The number of ether oxygens (including phenoxy) is 1. The van der Waals surface area contributed by atoms with Crippen LogP contribution in [0.3, 0.4) is 0 Å². The van der Waals surface area contributed by atoms with Crippen molar-refractivity contribution in [3.05, 3.63) is 40.5 Å². The summed E-state index contributed by atoms with van der Waals surface area (Å²) in [6, 6.07) is 9.91. The van der Waals surface area contributed by atoms with Crippen molar-refractivity contribution in [3.63, 3.8) is 0 Å². The van der Waals surface area contributed by atoms with Gasteiger partial charge in [-0.3, -0.25) is 4.57 Å². The van der Waals surface area contributed by atoms with E-state index in [1.54, 1.807) is 10.9 Å². The SMILES string of the molecule is OCCOCn1cnc2c(=S)sc(-c3ccccc3)nc21. The van der Waals surface area contributed by atoms with Crippen LogP contribution in [-0.4, -0.2) is 32.9 Å². The molecular formula is C14H13N3O2S2. The summed E-state index contributed by atoms with van der Waals surface area (Å²) < 4.78 is 7.82. The molecule has 1 aromatic carbocycles. The van der Waals surface area contributed by atoms with Gasteiger partial charge in [0.1, 0.15) is 21.1 Å². The third kappa shape index (κ3) is 3.01. The predicted molar refractivity (Wildman–Crippen MR) is 84.7 cm³/mol. The lowest BCUT2D eigenvalue weighted by Crippen LogP contribution is -2.05. The van der Waals surface area contributed by atoms with E-state index in [9.17, 15) is 0 Å².